The van der Waals surface area contributed by atoms with E-state index in [9.17, 15) is 9.59 Å². The first-order valence-electron chi connectivity index (χ1n) is 10.7. The van der Waals surface area contributed by atoms with Crippen molar-refractivity contribution in [3.05, 3.63) is 27.1 Å². The molecule has 0 N–H and O–H groups in total. The summed E-state index contributed by atoms with van der Waals surface area (Å²) in [4.78, 5) is 26.2. The molecule has 176 valence electrons. The number of unbranched alkanes of at least 4 members (excludes halogenated alkanes) is 4. The molecule has 1 amide bonds. The molecule has 0 spiro atoms. The predicted molar refractivity (Wildman–Crippen MR) is 136 cm³/mol. The topological polar surface area (TPSA) is 65.1 Å². The first-order chi connectivity index (χ1) is 15.4. The molecule has 1 heterocycles. The Balaban J connectivity index is 2.02. The number of halogens is 1. The number of methoxy groups -OCH3 is 2. The standard InChI is InChI=1S/C23H30BrNO5S2/c1-4-5-9-12-30-21-17(24)13-16(14-18(21)28-2)15-19-22(27)25(23(31)32-19)11-8-6-7-10-20(26)29-3/h13-15H,4-12H2,1-3H3/b19-15-. The predicted octanol–water partition coefficient (Wildman–Crippen LogP) is 5.96. The summed E-state index contributed by atoms with van der Waals surface area (Å²) in [6.45, 7) is 3.32. The quantitative estimate of drug-likeness (QED) is 0.131. The van der Waals surface area contributed by atoms with Crippen LogP contribution in [0.4, 0.5) is 0 Å². The number of hydrogen-bond donors (Lipinski definition) is 0. The molecule has 0 atom stereocenters. The van der Waals surface area contributed by atoms with Crippen molar-refractivity contribution in [2.24, 2.45) is 0 Å². The second kappa shape index (κ2) is 13.9. The molecule has 0 radical (unpaired) electrons. The largest absolute Gasteiger partial charge is 0.493 e. The molecular formula is C23H30BrNO5S2. The summed E-state index contributed by atoms with van der Waals surface area (Å²) in [6.07, 6.45) is 7.79. The molecule has 1 fully saturated rings. The van der Waals surface area contributed by atoms with E-state index in [2.05, 4.69) is 27.6 Å². The van der Waals surface area contributed by atoms with Crippen LogP contribution in [-0.2, 0) is 14.3 Å². The van der Waals surface area contributed by atoms with Crippen LogP contribution in [-0.4, -0.2) is 48.5 Å². The van der Waals surface area contributed by atoms with Crippen LogP contribution < -0.4 is 9.47 Å². The van der Waals surface area contributed by atoms with Crippen LogP contribution in [0.25, 0.3) is 6.08 Å². The Morgan fingerprint density at radius 1 is 1.19 bits per heavy atom. The molecule has 1 saturated heterocycles. The van der Waals surface area contributed by atoms with Crippen LogP contribution in [0, 0.1) is 0 Å². The molecule has 0 bridgehead atoms. The molecule has 0 aliphatic carbocycles. The molecule has 2 rings (SSSR count). The number of benzene rings is 1. The summed E-state index contributed by atoms with van der Waals surface area (Å²) in [6, 6.07) is 3.77. The molecule has 0 saturated carbocycles. The Kier molecular flexibility index (Phi) is 11.5. The number of thioether (sulfide) groups is 1. The number of carbonyl (C=O) groups is 2. The van der Waals surface area contributed by atoms with E-state index in [1.807, 2.05) is 18.2 Å². The molecule has 1 aliphatic rings. The minimum absolute atomic E-state index is 0.0945. The lowest BCUT2D eigenvalue weighted by Gasteiger charge is -2.14. The highest BCUT2D eigenvalue weighted by atomic mass is 79.9. The molecule has 1 aliphatic heterocycles. The van der Waals surface area contributed by atoms with E-state index in [0.29, 0.717) is 40.3 Å². The van der Waals surface area contributed by atoms with Crippen molar-refractivity contribution in [2.45, 2.75) is 51.9 Å². The second-order valence-electron chi connectivity index (χ2n) is 7.31. The van der Waals surface area contributed by atoms with Gasteiger partial charge in [-0.1, -0.05) is 50.2 Å². The maximum atomic E-state index is 12.9. The second-order valence-corrected chi connectivity index (χ2v) is 9.84. The zero-order valence-electron chi connectivity index (χ0n) is 18.8. The number of nitrogens with zero attached hydrogens (tertiary/aromatic N) is 1. The Morgan fingerprint density at radius 3 is 2.66 bits per heavy atom. The first kappa shape index (κ1) is 26.7. The van der Waals surface area contributed by atoms with Crippen molar-refractivity contribution < 1.29 is 23.8 Å². The van der Waals surface area contributed by atoms with E-state index in [-0.39, 0.29) is 11.9 Å². The third kappa shape index (κ3) is 7.78. The number of thiocarbonyl (C=S) groups is 1. The summed E-state index contributed by atoms with van der Waals surface area (Å²) in [5, 5.41) is 0. The lowest BCUT2D eigenvalue weighted by molar-refractivity contribution is -0.140. The summed E-state index contributed by atoms with van der Waals surface area (Å²) in [5.74, 6) is 0.976. The Bertz CT molecular complexity index is 859. The third-order valence-electron chi connectivity index (χ3n) is 4.91. The van der Waals surface area contributed by atoms with Gasteiger partial charge in [-0.3, -0.25) is 14.5 Å². The van der Waals surface area contributed by atoms with Crippen LogP contribution in [0.5, 0.6) is 11.5 Å². The zero-order valence-corrected chi connectivity index (χ0v) is 22.0. The molecule has 1 aromatic rings. The minimum atomic E-state index is -0.211. The van der Waals surface area contributed by atoms with Gasteiger partial charge in [0.2, 0.25) is 0 Å². The van der Waals surface area contributed by atoms with Gasteiger partial charge in [-0.05, 0) is 59.0 Å². The summed E-state index contributed by atoms with van der Waals surface area (Å²) in [7, 11) is 2.99. The van der Waals surface area contributed by atoms with Gasteiger partial charge in [0.25, 0.3) is 5.91 Å². The molecule has 0 aromatic heterocycles. The van der Waals surface area contributed by atoms with Crippen LogP contribution in [0.15, 0.2) is 21.5 Å². The van der Waals surface area contributed by atoms with Crippen molar-refractivity contribution in [3.63, 3.8) is 0 Å². The minimum Gasteiger partial charge on any atom is -0.493 e. The number of carbonyl (C=O) groups excluding carboxylic acids is 2. The number of esters is 1. The van der Waals surface area contributed by atoms with Gasteiger partial charge in [0.15, 0.2) is 11.5 Å². The summed E-state index contributed by atoms with van der Waals surface area (Å²) >= 11 is 10.3. The molecule has 9 heteroatoms. The van der Waals surface area contributed by atoms with E-state index in [1.165, 1.54) is 18.9 Å². The summed E-state index contributed by atoms with van der Waals surface area (Å²) in [5.41, 5.74) is 0.827. The normalized spacial score (nSPS) is 14.9. The highest BCUT2D eigenvalue weighted by molar-refractivity contribution is 9.10. The fraction of sp³-hybridized carbons (Fsp3) is 0.522. The highest BCUT2D eigenvalue weighted by Gasteiger charge is 2.31. The lowest BCUT2D eigenvalue weighted by atomic mass is 10.1. The average Bonchev–Trinajstić information content (AvgIpc) is 3.04. The zero-order chi connectivity index (χ0) is 23.5. The molecule has 0 unspecified atom stereocenters. The van der Waals surface area contributed by atoms with Gasteiger partial charge in [-0.2, -0.15) is 0 Å². The van der Waals surface area contributed by atoms with Crippen molar-refractivity contribution in [1.29, 1.82) is 0 Å². The molecule has 32 heavy (non-hydrogen) atoms. The third-order valence-corrected chi connectivity index (χ3v) is 6.87. The van der Waals surface area contributed by atoms with E-state index >= 15 is 0 Å². The van der Waals surface area contributed by atoms with Crippen molar-refractivity contribution in [1.82, 2.24) is 4.90 Å². The van der Waals surface area contributed by atoms with Crippen LogP contribution in [0.1, 0.15) is 57.4 Å². The fourth-order valence-electron chi connectivity index (χ4n) is 3.15. The Hall–Kier alpha value is -1.58. The monoisotopic (exact) mass is 543 g/mol. The number of rotatable bonds is 13. The van der Waals surface area contributed by atoms with E-state index in [1.54, 1.807) is 12.0 Å². The van der Waals surface area contributed by atoms with Gasteiger partial charge in [0, 0.05) is 13.0 Å². The summed E-state index contributed by atoms with van der Waals surface area (Å²) < 4.78 is 17.4. The lowest BCUT2D eigenvalue weighted by Crippen LogP contribution is -2.29. The molecule has 1 aromatic carbocycles. The van der Waals surface area contributed by atoms with Gasteiger partial charge in [0.1, 0.15) is 4.32 Å². The van der Waals surface area contributed by atoms with Crippen LogP contribution in [0.3, 0.4) is 0 Å². The van der Waals surface area contributed by atoms with Gasteiger partial charge < -0.3 is 14.2 Å². The smallest absolute Gasteiger partial charge is 0.305 e. The highest BCUT2D eigenvalue weighted by Crippen LogP contribution is 2.39. The SMILES string of the molecule is CCCCCOc1c(Br)cc(/C=C2\SC(=S)N(CCCCCC(=O)OC)C2=O)cc1OC. The molecular weight excluding hydrogens is 514 g/mol. The first-order valence-corrected chi connectivity index (χ1v) is 12.8. The van der Waals surface area contributed by atoms with E-state index in [4.69, 9.17) is 21.7 Å². The van der Waals surface area contributed by atoms with Crippen LogP contribution in [0.2, 0.25) is 0 Å². The van der Waals surface area contributed by atoms with Crippen molar-refractivity contribution >= 4 is 62.2 Å². The van der Waals surface area contributed by atoms with E-state index < -0.39 is 0 Å². The van der Waals surface area contributed by atoms with Crippen molar-refractivity contribution in [2.75, 3.05) is 27.4 Å². The van der Waals surface area contributed by atoms with Gasteiger partial charge >= 0.3 is 5.97 Å². The maximum Gasteiger partial charge on any atom is 0.305 e. The number of amides is 1. The fourth-order valence-corrected chi connectivity index (χ4v) is 5.03. The number of hydrogen-bond acceptors (Lipinski definition) is 7. The van der Waals surface area contributed by atoms with Gasteiger partial charge in [0.05, 0.1) is 30.2 Å². The van der Waals surface area contributed by atoms with E-state index in [0.717, 1.165) is 48.6 Å². The maximum absolute atomic E-state index is 12.9. The average molecular weight is 545 g/mol. The number of ether oxygens (including phenoxy) is 3. The van der Waals surface area contributed by atoms with Gasteiger partial charge in [-0.25, -0.2) is 0 Å². The van der Waals surface area contributed by atoms with Gasteiger partial charge in [-0.15, -0.1) is 0 Å². The Morgan fingerprint density at radius 2 is 1.97 bits per heavy atom. The van der Waals surface area contributed by atoms with Crippen LogP contribution >= 0.6 is 39.9 Å². The van der Waals surface area contributed by atoms with Crippen molar-refractivity contribution in [3.8, 4) is 11.5 Å². The Labute approximate surface area is 208 Å². The molecule has 6 nitrogen and oxygen atoms in total.